The molecule has 2 aromatic rings. The zero-order chi connectivity index (χ0) is 20.1. The van der Waals surface area contributed by atoms with Crippen molar-refractivity contribution in [1.29, 1.82) is 0 Å². The molecular formula is C23H27NO4. The molecule has 1 heterocycles. The molecule has 0 spiro atoms. The number of aromatic nitrogens is 1. The van der Waals surface area contributed by atoms with Gasteiger partial charge in [0.1, 0.15) is 5.75 Å². The first-order chi connectivity index (χ1) is 13.5. The molecule has 148 valence electrons. The minimum Gasteiger partial charge on any atom is -0.485 e. The third-order valence-corrected chi connectivity index (χ3v) is 5.39. The highest BCUT2D eigenvalue weighted by Crippen LogP contribution is 2.23. The Balaban J connectivity index is 1.61. The van der Waals surface area contributed by atoms with Gasteiger partial charge in [0.05, 0.1) is 5.56 Å². The minimum atomic E-state index is -0.987. The van der Waals surface area contributed by atoms with Gasteiger partial charge in [-0.05, 0) is 76.3 Å². The van der Waals surface area contributed by atoms with E-state index in [1.54, 1.807) is 12.1 Å². The number of carboxylic acid groups (broad SMARTS) is 1. The second kappa shape index (κ2) is 8.91. The van der Waals surface area contributed by atoms with Crippen LogP contribution in [0.1, 0.15) is 64.2 Å². The van der Waals surface area contributed by atoms with E-state index in [1.807, 2.05) is 19.9 Å². The molecule has 0 amide bonds. The zero-order valence-electron chi connectivity index (χ0n) is 16.5. The van der Waals surface area contributed by atoms with E-state index in [4.69, 9.17) is 9.84 Å². The SMILES string of the molecule is Cc1cc(C(=O)COc2ccc(C(=O)O)cc2)c(C)n1CCC1=CCCCC1. The summed E-state index contributed by atoms with van der Waals surface area (Å²) in [5.74, 6) is -0.575. The molecule has 1 aromatic heterocycles. The number of Topliss-reactive ketones (excluding diaryl/α,β-unsaturated/α-hetero) is 1. The van der Waals surface area contributed by atoms with E-state index >= 15 is 0 Å². The Hall–Kier alpha value is -2.82. The van der Waals surface area contributed by atoms with Gasteiger partial charge in [-0.25, -0.2) is 4.79 Å². The van der Waals surface area contributed by atoms with Crippen LogP contribution in [-0.4, -0.2) is 28.0 Å². The quantitative estimate of drug-likeness (QED) is 0.519. The fourth-order valence-electron chi connectivity index (χ4n) is 3.73. The van der Waals surface area contributed by atoms with Gasteiger partial charge >= 0.3 is 5.97 Å². The number of aromatic carboxylic acids is 1. The highest BCUT2D eigenvalue weighted by molar-refractivity contribution is 5.98. The molecule has 0 atom stereocenters. The Labute approximate surface area is 165 Å². The molecule has 5 nitrogen and oxygen atoms in total. The lowest BCUT2D eigenvalue weighted by Gasteiger charge is -2.15. The first kappa shape index (κ1) is 19.9. The first-order valence-electron chi connectivity index (χ1n) is 9.79. The van der Waals surface area contributed by atoms with Crippen molar-refractivity contribution in [2.24, 2.45) is 0 Å². The fraction of sp³-hybridized carbons (Fsp3) is 0.391. The molecule has 1 aliphatic rings. The number of carbonyl (C=O) groups is 2. The normalized spacial score (nSPS) is 13.9. The average Bonchev–Trinajstić information content (AvgIpc) is 2.99. The lowest BCUT2D eigenvalue weighted by atomic mass is 9.97. The van der Waals surface area contributed by atoms with Gasteiger partial charge in [0.15, 0.2) is 6.61 Å². The standard InChI is InChI=1S/C23H27NO4/c1-16-14-21(17(2)24(16)13-12-18-6-4-3-5-7-18)22(25)15-28-20-10-8-19(9-11-20)23(26)27/h6,8-11,14H,3-5,7,12-13,15H2,1-2H3,(H,26,27). The van der Waals surface area contributed by atoms with Crippen LogP contribution in [0.3, 0.4) is 0 Å². The molecule has 1 N–H and O–H groups in total. The van der Waals surface area contributed by atoms with Crippen LogP contribution in [0.2, 0.25) is 0 Å². The highest BCUT2D eigenvalue weighted by atomic mass is 16.5. The number of hydrogen-bond acceptors (Lipinski definition) is 3. The van der Waals surface area contributed by atoms with Crippen molar-refractivity contribution in [2.75, 3.05) is 6.61 Å². The summed E-state index contributed by atoms with van der Waals surface area (Å²) in [4.78, 5) is 23.5. The van der Waals surface area contributed by atoms with Crippen LogP contribution in [0.25, 0.3) is 0 Å². The molecule has 28 heavy (non-hydrogen) atoms. The van der Waals surface area contributed by atoms with Gasteiger partial charge in [-0.2, -0.15) is 0 Å². The van der Waals surface area contributed by atoms with E-state index in [-0.39, 0.29) is 18.0 Å². The van der Waals surface area contributed by atoms with Crippen LogP contribution in [0.4, 0.5) is 0 Å². The van der Waals surface area contributed by atoms with E-state index in [9.17, 15) is 9.59 Å². The van der Waals surface area contributed by atoms with Crippen molar-refractivity contribution in [1.82, 2.24) is 4.57 Å². The Bertz CT molecular complexity index is 890. The minimum absolute atomic E-state index is 0.0676. The van der Waals surface area contributed by atoms with Crippen LogP contribution in [0, 0.1) is 13.8 Å². The predicted molar refractivity (Wildman–Crippen MR) is 108 cm³/mol. The topological polar surface area (TPSA) is 68.5 Å². The number of benzene rings is 1. The van der Waals surface area contributed by atoms with E-state index < -0.39 is 5.97 Å². The molecule has 0 fully saturated rings. The van der Waals surface area contributed by atoms with Crippen molar-refractivity contribution in [2.45, 2.75) is 52.5 Å². The van der Waals surface area contributed by atoms with Gasteiger partial charge in [0, 0.05) is 23.5 Å². The van der Waals surface area contributed by atoms with E-state index in [0.29, 0.717) is 11.3 Å². The maximum Gasteiger partial charge on any atom is 0.335 e. The molecule has 5 heteroatoms. The van der Waals surface area contributed by atoms with Crippen molar-refractivity contribution in [3.05, 3.63) is 64.5 Å². The Morgan fingerprint density at radius 1 is 1.14 bits per heavy atom. The summed E-state index contributed by atoms with van der Waals surface area (Å²) in [6, 6.07) is 8.00. The lowest BCUT2D eigenvalue weighted by molar-refractivity contribution is 0.0696. The number of ketones is 1. The van der Waals surface area contributed by atoms with Gasteiger partial charge in [0.25, 0.3) is 0 Å². The van der Waals surface area contributed by atoms with Crippen LogP contribution in [-0.2, 0) is 6.54 Å². The molecule has 3 rings (SSSR count). The number of allylic oxidation sites excluding steroid dienone is 2. The Morgan fingerprint density at radius 2 is 1.89 bits per heavy atom. The van der Waals surface area contributed by atoms with Crippen molar-refractivity contribution in [3.63, 3.8) is 0 Å². The lowest BCUT2D eigenvalue weighted by Crippen LogP contribution is -2.13. The maximum atomic E-state index is 12.6. The molecule has 1 aromatic carbocycles. The van der Waals surface area contributed by atoms with Crippen molar-refractivity contribution >= 4 is 11.8 Å². The molecule has 0 aliphatic heterocycles. The summed E-state index contributed by atoms with van der Waals surface area (Å²) in [6.45, 7) is 4.85. The number of carboxylic acids is 1. The van der Waals surface area contributed by atoms with Gasteiger partial charge in [-0.3, -0.25) is 4.79 Å². The summed E-state index contributed by atoms with van der Waals surface area (Å²) in [7, 11) is 0. The van der Waals surface area contributed by atoms with Crippen LogP contribution in [0.5, 0.6) is 5.75 Å². The molecule has 0 unspecified atom stereocenters. The smallest absolute Gasteiger partial charge is 0.335 e. The molecule has 0 bridgehead atoms. The number of hydrogen-bond donors (Lipinski definition) is 1. The van der Waals surface area contributed by atoms with E-state index in [1.165, 1.54) is 43.4 Å². The number of rotatable bonds is 8. The van der Waals surface area contributed by atoms with Gasteiger partial charge in [-0.15, -0.1) is 0 Å². The number of carbonyl (C=O) groups excluding carboxylic acids is 1. The number of ether oxygens (including phenoxy) is 1. The van der Waals surface area contributed by atoms with E-state index in [2.05, 4.69) is 10.6 Å². The first-order valence-corrected chi connectivity index (χ1v) is 9.79. The molecule has 1 aliphatic carbocycles. The van der Waals surface area contributed by atoms with Crippen LogP contribution < -0.4 is 4.74 Å². The third kappa shape index (κ3) is 4.71. The van der Waals surface area contributed by atoms with Crippen LogP contribution >= 0.6 is 0 Å². The summed E-state index contributed by atoms with van der Waals surface area (Å²) in [5.41, 5.74) is 4.47. The predicted octanol–water partition coefficient (Wildman–Crippen LogP) is 4.96. The summed E-state index contributed by atoms with van der Waals surface area (Å²) >= 11 is 0. The van der Waals surface area contributed by atoms with Gasteiger partial charge < -0.3 is 14.4 Å². The van der Waals surface area contributed by atoms with Gasteiger partial charge in [0.2, 0.25) is 5.78 Å². The Morgan fingerprint density at radius 3 is 2.54 bits per heavy atom. The average molecular weight is 381 g/mol. The number of nitrogens with zero attached hydrogens (tertiary/aromatic N) is 1. The van der Waals surface area contributed by atoms with Crippen molar-refractivity contribution in [3.8, 4) is 5.75 Å². The second-order valence-electron chi connectivity index (χ2n) is 7.34. The summed E-state index contributed by atoms with van der Waals surface area (Å²) in [5, 5.41) is 8.93. The second-order valence-corrected chi connectivity index (χ2v) is 7.34. The third-order valence-electron chi connectivity index (χ3n) is 5.39. The fourth-order valence-corrected chi connectivity index (χ4v) is 3.73. The monoisotopic (exact) mass is 381 g/mol. The largest absolute Gasteiger partial charge is 0.485 e. The molecule has 0 radical (unpaired) electrons. The number of aryl methyl sites for hydroxylation is 1. The van der Waals surface area contributed by atoms with E-state index in [0.717, 1.165) is 24.4 Å². The molecular weight excluding hydrogens is 354 g/mol. The van der Waals surface area contributed by atoms with Gasteiger partial charge in [-0.1, -0.05) is 11.6 Å². The molecule has 0 saturated heterocycles. The highest BCUT2D eigenvalue weighted by Gasteiger charge is 2.17. The summed E-state index contributed by atoms with van der Waals surface area (Å²) < 4.78 is 7.77. The van der Waals surface area contributed by atoms with Crippen molar-refractivity contribution < 1.29 is 19.4 Å². The van der Waals surface area contributed by atoms with Crippen LogP contribution in [0.15, 0.2) is 42.0 Å². The molecule has 0 saturated carbocycles. The Kier molecular flexibility index (Phi) is 6.34. The maximum absolute atomic E-state index is 12.6. The summed E-state index contributed by atoms with van der Waals surface area (Å²) in [6.07, 6.45) is 8.36. The zero-order valence-corrected chi connectivity index (χ0v) is 16.5.